The van der Waals surface area contributed by atoms with Crippen LogP contribution in [-0.4, -0.2) is 23.3 Å². The molecular weight excluding hydrogens is 334 g/mol. The van der Waals surface area contributed by atoms with Gasteiger partial charge in [-0.3, -0.25) is 19.7 Å². The van der Waals surface area contributed by atoms with Crippen LogP contribution in [0.3, 0.4) is 0 Å². The maximum atomic E-state index is 12.2. The molecule has 1 atom stereocenters. The number of hydrogen-bond acceptors (Lipinski definition) is 4. The molecule has 0 aliphatic heterocycles. The second-order valence-electron chi connectivity index (χ2n) is 6.28. The van der Waals surface area contributed by atoms with Crippen molar-refractivity contribution in [3.8, 4) is 0 Å². The molecule has 0 saturated heterocycles. The topological polar surface area (TPSA) is 101 Å². The van der Waals surface area contributed by atoms with Gasteiger partial charge in [-0.2, -0.15) is 0 Å². The van der Waals surface area contributed by atoms with Crippen molar-refractivity contribution in [1.29, 1.82) is 0 Å². The van der Waals surface area contributed by atoms with E-state index >= 15 is 0 Å². The number of rotatable bonds is 7. The number of benzene rings is 2. The monoisotopic (exact) mass is 353 g/mol. The molecule has 0 spiro atoms. The van der Waals surface area contributed by atoms with Gasteiger partial charge in [0.1, 0.15) is 0 Å². The van der Waals surface area contributed by atoms with Gasteiger partial charge in [-0.05, 0) is 30.4 Å². The Hall–Kier alpha value is -3.22. The van der Waals surface area contributed by atoms with Crippen LogP contribution in [0.4, 0.5) is 5.69 Å². The number of nitrogens with zero attached hydrogens (tertiary/aromatic N) is 1. The summed E-state index contributed by atoms with van der Waals surface area (Å²) in [4.78, 5) is 34.6. The zero-order chi connectivity index (χ0) is 18.5. The van der Waals surface area contributed by atoms with Gasteiger partial charge < -0.3 is 10.6 Å². The Morgan fingerprint density at radius 3 is 2.50 bits per heavy atom. The molecule has 2 N–H and O–H groups in total. The van der Waals surface area contributed by atoms with Crippen LogP contribution in [0.2, 0.25) is 0 Å². The van der Waals surface area contributed by atoms with E-state index in [1.165, 1.54) is 24.3 Å². The predicted molar refractivity (Wildman–Crippen MR) is 95.5 cm³/mol. The molecule has 1 fully saturated rings. The van der Waals surface area contributed by atoms with Crippen molar-refractivity contribution in [3.05, 3.63) is 75.8 Å². The third-order valence-electron chi connectivity index (χ3n) is 4.30. The quantitative estimate of drug-likeness (QED) is 0.590. The smallest absolute Gasteiger partial charge is 0.270 e. The van der Waals surface area contributed by atoms with E-state index in [1.807, 2.05) is 30.3 Å². The van der Waals surface area contributed by atoms with E-state index in [4.69, 9.17) is 0 Å². The normalized spacial score (nSPS) is 14.3. The molecule has 134 valence electrons. The van der Waals surface area contributed by atoms with E-state index in [1.54, 1.807) is 0 Å². The summed E-state index contributed by atoms with van der Waals surface area (Å²) in [6, 6.07) is 15.1. The molecule has 2 aromatic carbocycles. The summed E-state index contributed by atoms with van der Waals surface area (Å²) in [5.74, 6) is -0.384. The summed E-state index contributed by atoms with van der Waals surface area (Å²) in [5, 5.41) is 16.3. The largest absolute Gasteiger partial charge is 0.347 e. The predicted octanol–water partition coefficient (Wildman–Crippen LogP) is 2.59. The van der Waals surface area contributed by atoms with Crippen molar-refractivity contribution in [2.24, 2.45) is 5.92 Å². The van der Waals surface area contributed by atoms with Gasteiger partial charge >= 0.3 is 0 Å². The highest BCUT2D eigenvalue weighted by Crippen LogP contribution is 2.40. The molecule has 0 radical (unpaired) electrons. The molecule has 1 aliphatic rings. The average molecular weight is 353 g/mol. The summed E-state index contributed by atoms with van der Waals surface area (Å²) >= 11 is 0. The summed E-state index contributed by atoms with van der Waals surface area (Å²) in [6.07, 6.45) is 2.14. The molecule has 2 aromatic rings. The highest BCUT2D eigenvalue weighted by Gasteiger charge is 2.33. The molecule has 1 saturated carbocycles. The second-order valence-corrected chi connectivity index (χ2v) is 6.28. The van der Waals surface area contributed by atoms with Crippen molar-refractivity contribution in [2.45, 2.75) is 18.9 Å². The molecule has 0 bridgehead atoms. The van der Waals surface area contributed by atoms with E-state index in [0.717, 1.165) is 18.4 Å². The van der Waals surface area contributed by atoms with Crippen LogP contribution in [0, 0.1) is 16.0 Å². The number of non-ortho nitro benzene ring substituents is 1. The first kappa shape index (κ1) is 17.6. The standard InChI is InChI=1S/C19H19N3O4/c23-17(21-18(14-9-10-14)13-5-2-1-3-6-13)12-20-19(24)15-7-4-8-16(11-15)22(25)26/h1-8,11,14,18H,9-10,12H2,(H,20,24)(H,21,23). The van der Waals surface area contributed by atoms with Crippen molar-refractivity contribution < 1.29 is 14.5 Å². The Kier molecular flexibility index (Phi) is 5.26. The minimum absolute atomic E-state index is 0.0570. The molecule has 2 amide bonds. The number of nitro benzene ring substituents is 1. The molecule has 1 unspecified atom stereocenters. The molecule has 1 aliphatic carbocycles. The fourth-order valence-electron chi connectivity index (χ4n) is 2.81. The Labute approximate surface area is 150 Å². The highest BCUT2D eigenvalue weighted by molar-refractivity contribution is 5.97. The third-order valence-corrected chi connectivity index (χ3v) is 4.30. The number of hydrogen-bond donors (Lipinski definition) is 2. The molecule has 7 nitrogen and oxygen atoms in total. The van der Waals surface area contributed by atoms with Crippen LogP contribution < -0.4 is 10.6 Å². The maximum absolute atomic E-state index is 12.2. The van der Waals surface area contributed by atoms with Gasteiger partial charge in [-0.1, -0.05) is 36.4 Å². The van der Waals surface area contributed by atoms with Crippen LogP contribution in [0.15, 0.2) is 54.6 Å². The van der Waals surface area contributed by atoms with E-state index in [0.29, 0.717) is 5.92 Å². The molecule has 26 heavy (non-hydrogen) atoms. The van der Waals surface area contributed by atoms with E-state index in [9.17, 15) is 19.7 Å². The molecular formula is C19H19N3O4. The first-order chi connectivity index (χ1) is 12.5. The maximum Gasteiger partial charge on any atom is 0.270 e. The lowest BCUT2D eigenvalue weighted by atomic mass is 10.0. The van der Waals surface area contributed by atoms with Crippen molar-refractivity contribution in [2.75, 3.05) is 6.54 Å². The van der Waals surface area contributed by atoms with Crippen LogP contribution >= 0.6 is 0 Å². The number of nitrogens with one attached hydrogen (secondary N) is 2. The molecule has 7 heteroatoms. The highest BCUT2D eigenvalue weighted by atomic mass is 16.6. The van der Waals surface area contributed by atoms with Gasteiger partial charge in [0.25, 0.3) is 11.6 Å². The lowest BCUT2D eigenvalue weighted by Gasteiger charge is -2.19. The number of amides is 2. The number of carbonyl (C=O) groups is 2. The summed E-state index contributed by atoms with van der Waals surface area (Å²) in [5.41, 5.74) is 1.03. The Bertz CT molecular complexity index is 819. The summed E-state index contributed by atoms with van der Waals surface area (Å²) in [7, 11) is 0. The molecule has 0 heterocycles. The van der Waals surface area contributed by atoms with Crippen molar-refractivity contribution in [3.63, 3.8) is 0 Å². The minimum Gasteiger partial charge on any atom is -0.347 e. The van der Waals surface area contributed by atoms with Crippen LogP contribution in [0.5, 0.6) is 0 Å². The van der Waals surface area contributed by atoms with Gasteiger partial charge in [-0.25, -0.2) is 0 Å². The van der Waals surface area contributed by atoms with Gasteiger partial charge in [0.2, 0.25) is 5.91 Å². The van der Waals surface area contributed by atoms with Gasteiger partial charge in [0.05, 0.1) is 17.5 Å². The van der Waals surface area contributed by atoms with E-state index < -0.39 is 10.8 Å². The minimum atomic E-state index is -0.566. The zero-order valence-corrected chi connectivity index (χ0v) is 14.1. The third kappa shape index (κ3) is 4.44. The summed E-state index contributed by atoms with van der Waals surface area (Å²) in [6.45, 7) is -0.183. The fourth-order valence-corrected chi connectivity index (χ4v) is 2.81. The van der Waals surface area contributed by atoms with E-state index in [-0.39, 0.29) is 29.7 Å². The van der Waals surface area contributed by atoms with Gasteiger partial charge in [-0.15, -0.1) is 0 Å². The lowest BCUT2D eigenvalue weighted by molar-refractivity contribution is -0.384. The fraction of sp³-hybridized carbons (Fsp3) is 0.263. The first-order valence-electron chi connectivity index (χ1n) is 8.41. The SMILES string of the molecule is O=C(CNC(=O)c1cccc([N+](=O)[O-])c1)NC(c1ccccc1)C1CC1. The Morgan fingerprint density at radius 1 is 1.12 bits per heavy atom. The van der Waals surface area contributed by atoms with E-state index in [2.05, 4.69) is 10.6 Å². The van der Waals surface area contributed by atoms with Gasteiger partial charge in [0, 0.05) is 17.7 Å². The Morgan fingerprint density at radius 2 is 1.85 bits per heavy atom. The van der Waals surface area contributed by atoms with Crippen LogP contribution in [0.1, 0.15) is 34.8 Å². The van der Waals surface area contributed by atoms with Crippen LogP contribution in [0.25, 0.3) is 0 Å². The van der Waals surface area contributed by atoms with Crippen molar-refractivity contribution in [1.82, 2.24) is 10.6 Å². The average Bonchev–Trinajstić information content (AvgIpc) is 3.50. The summed E-state index contributed by atoms with van der Waals surface area (Å²) < 4.78 is 0. The van der Waals surface area contributed by atoms with Crippen molar-refractivity contribution >= 4 is 17.5 Å². The van der Waals surface area contributed by atoms with Gasteiger partial charge in [0.15, 0.2) is 0 Å². The molecule has 0 aromatic heterocycles. The molecule has 3 rings (SSSR count). The second kappa shape index (κ2) is 7.77. The number of carbonyl (C=O) groups excluding carboxylic acids is 2. The van der Waals surface area contributed by atoms with Crippen LogP contribution in [-0.2, 0) is 4.79 Å². The lowest BCUT2D eigenvalue weighted by Crippen LogP contribution is -2.39. The zero-order valence-electron chi connectivity index (χ0n) is 14.1. The Balaban J connectivity index is 1.57. The number of nitro groups is 1. The first-order valence-corrected chi connectivity index (χ1v) is 8.41.